The molecular formula is C10H22BrNO2S. The molecule has 0 aliphatic carbocycles. The maximum absolute atomic E-state index is 11.4. The fourth-order valence-corrected chi connectivity index (χ4v) is 2.84. The molecule has 3 nitrogen and oxygen atoms in total. The van der Waals surface area contributed by atoms with Crippen LogP contribution in [0.4, 0.5) is 0 Å². The Kier molecular flexibility index (Phi) is 7.83. The number of nitrogens with zero attached hydrogens (tertiary/aromatic N) is 1. The summed E-state index contributed by atoms with van der Waals surface area (Å²) in [6.45, 7) is 5.57. The van der Waals surface area contributed by atoms with E-state index in [0.717, 1.165) is 13.0 Å². The summed E-state index contributed by atoms with van der Waals surface area (Å²) in [6, 6.07) is 0. The molecule has 5 heteroatoms. The number of hydrogen-bond donors (Lipinski definition) is 0. The van der Waals surface area contributed by atoms with Crippen molar-refractivity contribution in [3.63, 3.8) is 0 Å². The molecule has 0 rings (SSSR count). The van der Waals surface area contributed by atoms with Crippen LogP contribution in [-0.2, 0) is 9.84 Å². The van der Waals surface area contributed by atoms with Gasteiger partial charge in [-0.25, -0.2) is 8.42 Å². The van der Waals surface area contributed by atoms with Crippen LogP contribution in [0.1, 0.15) is 26.7 Å². The van der Waals surface area contributed by atoms with E-state index in [9.17, 15) is 8.42 Å². The van der Waals surface area contributed by atoms with Crippen LogP contribution in [0.5, 0.6) is 0 Å². The van der Waals surface area contributed by atoms with Crippen LogP contribution < -0.4 is 0 Å². The molecule has 1 unspecified atom stereocenters. The van der Waals surface area contributed by atoms with Crippen LogP contribution in [0.2, 0.25) is 0 Å². The van der Waals surface area contributed by atoms with Crippen molar-refractivity contribution < 1.29 is 8.42 Å². The van der Waals surface area contributed by atoms with Crippen molar-refractivity contribution in [2.24, 2.45) is 0 Å². The third kappa shape index (κ3) is 9.33. The van der Waals surface area contributed by atoms with Gasteiger partial charge in [-0.2, -0.15) is 0 Å². The summed E-state index contributed by atoms with van der Waals surface area (Å²) >= 11 is 3.47. The van der Waals surface area contributed by atoms with Crippen molar-refractivity contribution in [1.82, 2.24) is 4.90 Å². The summed E-state index contributed by atoms with van der Waals surface area (Å²) in [5.74, 6) is 0.601. The minimum absolute atomic E-state index is 0.286. The zero-order valence-electron chi connectivity index (χ0n) is 9.87. The Labute approximate surface area is 102 Å². The van der Waals surface area contributed by atoms with E-state index in [1.807, 2.05) is 14.0 Å². The quantitative estimate of drug-likeness (QED) is 0.643. The lowest BCUT2D eigenvalue weighted by Crippen LogP contribution is -2.28. The maximum atomic E-state index is 11.4. The van der Waals surface area contributed by atoms with Crippen LogP contribution in [0.3, 0.4) is 0 Å². The average Bonchev–Trinajstić information content (AvgIpc) is 2.11. The first-order chi connectivity index (χ1) is 6.87. The van der Waals surface area contributed by atoms with Gasteiger partial charge in [-0.1, -0.05) is 29.8 Å². The Morgan fingerprint density at radius 3 is 2.33 bits per heavy atom. The van der Waals surface area contributed by atoms with E-state index in [1.54, 1.807) is 0 Å². The topological polar surface area (TPSA) is 37.4 Å². The third-order valence-electron chi connectivity index (χ3n) is 2.21. The smallest absolute Gasteiger partial charge is 0.151 e. The summed E-state index contributed by atoms with van der Waals surface area (Å²) in [5, 5.41) is 0. The molecule has 0 aromatic rings. The van der Waals surface area contributed by atoms with Gasteiger partial charge in [-0.3, -0.25) is 0 Å². The predicted molar refractivity (Wildman–Crippen MR) is 69.4 cm³/mol. The van der Waals surface area contributed by atoms with Crippen molar-refractivity contribution in [1.29, 1.82) is 0 Å². The first-order valence-electron chi connectivity index (χ1n) is 5.40. The largest absolute Gasteiger partial charge is 0.305 e. The van der Waals surface area contributed by atoms with Gasteiger partial charge in [-0.15, -0.1) is 0 Å². The molecule has 92 valence electrons. The van der Waals surface area contributed by atoms with E-state index in [2.05, 4.69) is 27.8 Å². The van der Waals surface area contributed by atoms with Crippen molar-refractivity contribution in [2.45, 2.75) is 31.5 Å². The molecule has 0 bridgehead atoms. The molecular weight excluding hydrogens is 278 g/mol. The van der Waals surface area contributed by atoms with Crippen molar-refractivity contribution >= 4 is 25.8 Å². The fraction of sp³-hybridized carbons (Fsp3) is 1.00. The molecule has 0 spiro atoms. The monoisotopic (exact) mass is 299 g/mol. The highest BCUT2D eigenvalue weighted by Crippen LogP contribution is 2.04. The van der Waals surface area contributed by atoms with E-state index in [4.69, 9.17) is 0 Å². The highest BCUT2D eigenvalue weighted by molar-refractivity contribution is 9.09. The second-order valence-electron chi connectivity index (χ2n) is 4.02. The molecule has 0 fully saturated rings. The van der Waals surface area contributed by atoms with Crippen molar-refractivity contribution in [3.8, 4) is 0 Å². The number of halogens is 1. The van der Waals surface area contributed by atoms with Crippen molar-refractivity contribution in [2.75, 3.05) is 31.6 Å². The number of alkyl halides is 1. The van der Waals surface area contributed by atoms with Crippen LogP contribution in [0, 0.1) is 0 Å². The Morgan fingerprint density at radius 2 is 1.87 bits per heavy atom. The Balaban J connectivity index is 3.75. The Hall–Kier alpha value is 0.390. The molecule has 0 radical (unpaired) electrons. The molecule has 0 amide bonds. The SMILES string of the molecule is CCCS(=O)(=O)CCN(C)CCC(C)Br. The second kappa shape index (κ2) is 7.63. The van der Waals surface area contributed by atoms with Crippen LogP contribution in [0.25, 0.3) is 0 Å². The van der Waals surface area contributed by atoms with Gasteiger partial charge < -0.3 is 4.90 Å². The molecule has 0 N–H and O–H groups in total. The molecule has 1 atom stereocenters. The number of hydrogen-bond acceptors (Lipinski definition) is 3. The summed E-state index contributed by atoms with van der Waals surface area (Å²) in [7, 11) is -0.850. The van der Waals surface area contributed by atoms with Crippen LogP contribution >= 0.6 is 15.9 Å². The van der Waals surface area contributed by atoms with E-state index in [0.29, 0.717) is 23.5 Å². The van der Waals surface area contributed by atoms with Gasteiger partial charge in [-0.05, 0) is 26.4 Å². The molecule has 0 saturated carbocycles. The van der Waals surface area contributed by atoms with Gasteiger partial charge in [0.15, 0.2) is 9.84 Å². The minimum atomic E-state index is -2.82. The predicted octanol–water partition coefficient (Wildman–Crippen LogP) is 1.92. The van der Waals surface area contributed by atoms with Gasteiger partial charge in [0.2, 0.25) is 0 Å². The summed E-state index contributed by atoms with van der Waals surface area (Å²) in [5.41, 5.74) is 0. The average molecular weight is 300 g/mol. The lowest BCUT2D eigenvalue weighted by atomic mass is 10.3. The first-order valence-corrected chi connectivity index (χ1v) is 8.14. The van der Waals surface area contributed by atoms with E-state index in [1.165, 1.54) is 0 Å². The summed E-state index contributed by atoms with van der Waals surface area (Å²) in [6.07, 6.45) is 1.76. The molecule has 0 saturated heterocycles. The lowest BCUT2D eigenvalue weighted by Gasteiger charge is -2.17. The molecule has 15 heavy (non-hydrogen) atoms. The third-order valence-corrected chi connectivity index (χ3v) is 4.50. The Bertz CT molecular complexity index is 252. The molecule has 0 aliphatic heterocycles. The van der Waals surface area contributed by atoms with Gasteiger partial charge >= 0.3 is 0 Å². The zero-order valence-corrected chi connectivity index (χ0v) is 12.3. The lowest BCUT2D eigenvalue weighted by molar-refractivity contribution is 0.348. The van der Waals surface area contributed by atoms with Gasteiger partial charge in [0.25, 0.3) is 0 Å². The first kappa shape index (κ1) is 15.4. The van der Waals surface area contributed by atoms with E-state index in [-0.39, 0.29) is 5.75 Å². The molecule has 0 aliphatic rings. The second-order valence-corrected chi connectivity index (χ2v) is 7.89. The summed E-state index contributed by atoms with van der Waals surface area (Å²) in [4.78, 5) is 2.57. The van der Waals surface area contributed by atoms with Crippen LogP contribution in [0.15, 0.2) is 0 Å². The zero-order chi connectivity index (χ0) is 11.9. The van der Waals surface area contributed by atoms with Gasteiger partial charge in [0.1, 0.15) is 0 Å². The Morgan fingerprint density at radius 1 is 1.27 bits per heavy atom. The highest BCUT2D eigenvalue weighted by Gasteiger charge is 2.10. The number of rotatable bonds is 8. The summed E-state index contributed by atoms with van der Waals surface area (Å²) < 4.78 is 22.9. The number of sulfone groups is 1. The normalized spacial score (nSPS) is 14.5. The molecule has 0 heterocycles. The molecule has 0 aromatic heterocycles. The van der Waals surface area contributed by atoms with E-state index >= 15 is 0 Å². The molecule has 0 aromatic carbocycles. The van der Waals surface area contributed by atoms with E-state index < -0.39 is 9.84 Å². The van der Waals surface area contributed by atoms with Gasteiger partial charge in [0.05, 0.1) is 5.75 Å². The maximum Gasteiger partial charge on any atom is 0.151 e. The van der Waals surface area contributed by atoms with Crippen molar-refractivity contribution in [3.05, 3.63) is 0 Å². The standard InChI is InChI=1S/C10H22BrNO2S/c1-4-8-15(13,14)9-7-12(3)6-5-10(2)11/h10H,4-9H2,1-3H3. The highest BCUT2D eigenvalue weighted by atomic mass is 79.9. The fourth-order valence-electron chi connectivity index (χ4n) is 1.22. The van der Waals surface area contributed by atoms with Crippen LogP contribution in [-0.4, -0.2) is 49.8 Å². The van der Waals surface area contributed by atoms with Gasteiger partial charge in [0, 0.05) is 17.1 Å². The minimum Gasteiger partial charge on any atom is -0.305 e.